The molecule has 1 heterocycles. The molecule has 1 aliphatic rings. The maximum Gasteiger partial charge on any atom is 0.106 e. The van der Waals surface area contributed by atoms with E-state index in [9.17, 15) is 0 Å². The van der Waals surface area contributed by atoms with Crippen LogP contribution in [0.1, 0.15) is 12.8 Å². The van der Waals surface area contributed by atoms with Crippen LogP contribution in [0.2, 0.25) is 0 Å². The van der Waals surface area contributed by atoms with Crippen LogP contribution in [0.4, 0.5) is 5.69 Å². The van der Waals surface area contributed by atoms with Gasteiger partial charge in [-0.05, 0) is 17.9 Å². The van der Waals surface area contributed by atoms with Gasteiger partial charge in [-0.25, -0.2) is 0 Å². The molecule has 3 rings (SSSR count). The monoisotopic (exact) mass is 268 g/mol. The second kappa shape index (κ2) is 6.06. The van der Waals surface area contributed by atoms with Crippen LogP contribution in [0.15, 0.2) is 47.5 Å². The molecule has 0 saturated carbocycles. The fraction of sp³-hybridized carbons (Fsp3) is 0.353. The molecule has 0 fully saturated rings. The molecule has 1 aliphatic heterocycles. The Hall–Kier alpha value is -1.87. The van der Waals surface area contributed by atoms with E-state index in [1.165, 1.54) is 16.5 Å². The minimum Gasteiger partial charge on any atom is -0.384 e. The molecule has 2 aromatic carbocycles. The largest absolute Gasteiger partial charge is 0.384 e. The summed E-state index contributed by atoms with van der Waals surface area (Å²) < 4.78 is 5.21. The molecule has 0 aromatic heterocycles. The van der Waals surface area contributed by atoms with Gasteiger partial charge in [0, 0.05) is 37.7 Å². The van der Waals surface area contributed by atoms with Gasteiger partial charge in [-0.3, -0.25) is 4.99 Å². The molecular weight excluding hydrogens is 248 g/mol. The minimum absolute atomic E-state index is 0.722. The fourth-order valence-corrected chi connectivity index (χ4v) is 2.76. The minimum atomic E-state index is 0.722. The number of hydrogen-bond acceptors (Lipinski definition) is 3. The summed E-state index contributed by atoms with van der Waals surface area (Å²) in [7, 11) is 1.74. The maximum absolute atomic E-state index is 5.21. The summed E-state index contributed by atoms with van der Waals surface area (Å²) in [4.78, 5) is 7.05. The lowest BCUT2D eigenvalue weighted by molar-refractivity contribution is 0.207. The Morgan fingerprint density at radius 3 is 2.90 bits per heavy atom. The molecule has 3 nitrogen and oxygen atoms in total. The molecule has 20 heavy (non-hydrogen) atoms. The standard InChI is InChI=1S/C17H20N2O/c1-20-13-10-17-18-11-5-12-19(17)16-9-4-7-14-6-2-3-8-15(14)16/h2-4,6-9H,5,10-13H2,1H3. The zero-order valence-electron chi connectivity index (χ0n) is 11.9. The van der Waals surface area contributed by atoms with Gasteiger partial charge in [0.25, 0.3) is 0 Å². The fourth-order valence-electron chi connectivity index (χ4n) is 2.76. The van der Waals surface area contributed by atoms with Gasteiger partial charge in [0.15, 0.2) is 0 Å². The molecular formula is C17H20N2O. The molecule has 2 aromatic rings. The maximum atomic E-state index is 5.21. The number of fused-ring (bicyclic) bond motifs is 1. The highest BCUT2D eigenvalue weighted by Crippen LogP contribution is 2.28. The van der Waals surface area contributed by atoms with Crippen molar-refractivity contribution in [3.63, 3.8) is 0 Å². The molecule has 0 aliphatic carbocycles. The van der Waals surface area contributed by atoms with Gasteiger partial charge < -0.3 is 9.64 Å². The van der Waals surface area contributed by atoms with Crippen molar-refractivity contribution in [2.45, 2.75) is 12.8 Å². The predicted octanol–water partition coefficient (Wildman–Crippen LogP) is 3.48. The van der Waals surface area contributed by atoms with Crippen LogP contribution < -0.4 is 4.90 Å². The number of hydrogen-bond donors (Lipinski definition) is 0. The summed E-state index contributed by atoms with van der Waals surface area (Å²) in [6.45, 7) is 2.69. The van der Waals surface area contributed by atoms with Crippen LogP contribution in [0, 0.1) is 0 Å². The summed E-state index contributed by atoms with van der Waals surface area (Å²) in [6.07, 6.45) is 1.99. The highest BCUT2D eigenvalue weighted by atomic mass is 16.5. The van der Waals surface area contributed by atoms with E-state index in [1.54, 1.807) is 7.11 Å². The van der Waals surface area contributed by atoms with Crippen molar-refractivity contribution in [2.75, 3.05) is 31.7 Å². The number of nitrogens with zero attached hydrogens (tertiary/aromatic N) is 2. The summed E-state index contributed by atoms with van der Waals surface area (Å²) >= 11 is 0. The number of ether oxygens (including phenoxy) is 1. The highest BCUT2D eigenvalue weighted by Gasteiger charge is 2.18. The normalized spacial score (nSPS) is 15.4. The average molecular weight is 268 g/mol. The van der Waals surface area contributed by atoms with Crippen molar-refractivity contribution >= 4 is 22.3 Å². The third-order valence-electron chi connectivity index (χ3n) is 3.73. The molecule has 0 unspecified atom stereocenters. The van der Waals surface area contributed by atoms with E-state index in [-0.39, 0.29) is 0 Å². The Labute approximate surface area is 119 Å². The Bertz CT molecular complexity index is 616. The summed E-state index contributed by atoms with van der Waals surface area (Å²) in [5, 5.41) is 2.57. The van der Waals surface area contributed by atoms with Crippen LogP contribution in [-0.4, -0.2) is 32.6 Å². The Kier molecular flexibility index (Phi) is 3.97. The number of aliphatic imine (C=N–C) groups is 1. The van der Waals surface area contributed by atoms with Gasteiger partial charge in [0.1, 0.15) is 5.84 Å². The molecule has 0 radical (unpaired) electrons. The average Bonchev–Trinajstić information content (AvgIpc) is 2.53. The molecule has 3 heteroatoms. The predicted molar refractivity (Wildman–Crippen MR) is 84.7 cm³/mol. The van der Waals surface area contributed by atoms with Crippen molar-refractivity contribution in [3.05, 3.63) is 42.5 Å². The van der Waals surface area contributed by atoms with E-state index in [0.29, 0.717) is 0 Å². The number of methoxy groups -OCH3 is 1. The lowest BCUT2D eigenvalue weighted by Gasteiger charge is -2.30. The van der Waals surface area contributed by atoms with Gasteiger partial charge in [-0.2, -0.15) is 0 Å². The van der Waals surface area contributed by atoms with E-state index in [1.807, 2.05) is 0 Å². The molecule has 0 saturated heterocycles. The Morgan fingerprint density at radius 2 is 2.00 bits per heavy atom. The zero-order chi connectivity index (χ0) is 13.8. The van der Waals surface area contributed by atoms with Crippen molar-refractivity contribution in [1.29, 1.82) is 0 Å². The van der Waals surface area contributed by atoms with Gasteiger partial charge in [0.2, 0.25) is 0 Å². The van der Waals surface area contributed by atoms with Crippen molar-refractivity contribution < 1.29 is 4.74 Å². The van der Waals surface area contributed by atoms with E-state index in [0.717, 1.165) is 38.4 Å². The van der Waals surface area contributed by atoms with Crippen LogP contribution in [0.25, 0.3) is 10.8 Å². The first-order valence-corrected chi connectivity index (χ1v) is 7.18. The van der Waals surface area contributed by atoms with Crippen LogP contribution >= 0.6 is 0 Å². The lowest BCUT2D eigenvalue weighted by Crippen LogP contribution is -2.36. The number of benzene rings is 2. The quantitative estimate of drug-likeness (QED) is 0.848. The van der Waals surface area contributed by atoms with Gasteiger partial charge >= 0.3 is 0 Å². The van der Waals surface area contributed by atoms with E-state index >= 15 is 0 Å². The third-order valence-corrected chi connectivity index (χ3v) is 3.73. The molecule has 0 bridgehead atoms. The SMILES string of the molecule is COCCC1=NCCCN1c1cccc2ccccc12. The molecule has 0 atom stereocenters. The Balaban J connectivity index is 2.00. The van der Waals surface area contributed by atoms with Crippen molar-refractivity contribution in [3.8, 4) is 0 Å². The third kappa shape index (κ3) is 2.54. The molecule has 0 N–H and O–H groups in total. The Morgan fingerprint density at radius 1 is 1.15 bits per heavy atom. The topological polar surface area (TPSA) is 24.8 Å². The van der Waals surface area contributed by atoms with Crippen LogP contribution in [0.3, 0.4) is 0 Å². The van der Waals surface area contributed by atoms with Gasteiger partial charge in [-0.1, -0.05) is 36.4 Å². The lowest BCUT2D eigenvalue weighted by atomic mass is 10.1. The van der Waals surface area contributed by atoms with E-state index < -0.39 is 0 Å². The summed E-state index contributed by atoms with van der Waals surface area (Å²) in [6, 6.07) is 15.0. The summed E-state index contributed by atoms with van der Waals surface area (Å²) in [5.74, 6) is 1.15. The highest BCUT2D eigenvalue weighted by molar-refractivity contribution is 6.06. The number of rotatable bonds is 4. The summed E-state index contributed by atoms with van der Waals surface area (Å²) in [5.41, 5.74) is 1.26. The first kappa shape index (κ1) is 13.1. The van der Waals surface area contributed by atoms with Gasteiger partial charge in [-0.15, -0.1) is 0 Å². The van der Waals surface area contributed by atoms with E-state index in [4.69, 9.17) is 9.73 Å². The van der Waals surface area contributed by atoms with Crippen LogP contribution in [0.5, 0.6) is 0 Å². The molecule has 0 amide bonds. The number of amidine groups is 1. The second-order valence-corrected chi connectivity index (χ2v) is 5.04. The molecule has 104 valence electrons. The van der Waals surface area contributed by atoms with Crippen molar-refractivity contribution in [1.82, 2.24) is 0 Å². The van der Waals surface area contributed by atoms with E-state index in [2.05, 4.69) is 47.4 Å². The zero-order valence-corrected chi connectivity index (χ0v) is 11.9. The first-order chi connectivity index (χ1) is 9.90. The van der Waals surface area contributed by atoms with Gasteiger partial charge in [0.05, 0.1) is 6.61 Å². The number of anilines is 1. The second-order valence-electron chi connectivity index (χ2n) is 5.04. The molecule has 0 spiro atoms. The van der Waals surface area contributed by atoms with Crippen molar-refractivity contribution in [2.24, 2.45) is 4.99 Å². The smallest absolute Gasteiger partial charge is 0.106 e. The first-order valence-electron chi connectivity index (χ1n) is 7.18. The van der Waals surface area contributed by atoms with Crippen LogP contribution in [-0.2, 0) is 4.74 Å².